The van der Waals surface area contributed by atoms with Crippen LogP contribution in [0.4, 0.5) is 0 Å². The normalized spacial score (nSPS) is 23.9. The molecule has 1 fully saturated rings. The Morgan fingerprint density at radius 1 is 1.43 bits per heavy atom. The Bertz CT molecular complexity index is 569. The maximum absolute atomic E-state index is 6.22. The molecule has 0 bridgehead atoms. The molecule has 0 aromatic heterocycles. The number of rotatable bonds is 4. The standard InChI is InChI=1S/C17H24ClN3OS/c1-2-21-9-4-5-12(21)11-19-17(23)20-15-8-10-22-16-13(15)6-3-7-14(16)18/h3,6-7,12,15H,2,4-5,8-11H2,1H3,(H2,19,20,23)/t12-,15-/m0/s1. The molecular formula is C17H24ClN3OS. The Morgan fingerprint density at radius 2 is 2.30 bits per heavy atom. The summed E-state index contributed by atoms with van der Waals surface area (Å²) in [7, 11) is 0. The Labute approximate surface area is 148 Å². The highest BCUT2D eigenvalue weighted by molar-refractivity contribution is 7.80. The number of likely N-dealkylation sites (tertiary alicyclic amines) is 1. The number of hydrogen-bond acceptors (Lipinski definition) is 3. The van der Waals surface area contributed by atoms with Crippen molar-refractivity contribution in [3.63, 3.8) is 0 Å². The van der Waals surface area contributed by atoms with E-state index >= 15 is 0 Å². The van der Waals surface area contributed by atoms with Crippen LogP contribution in [-0.4, -0.2) is 42.3 Å². The third-order valence-corrected chi connectivity index (χ3v) is 5.29. The van der Waals surface area contributed by atoms with E-state index in [1.54, 1.807) is 0 Å². The van der Waals surface area contributed by atoms with Gasteiger partial charge in [-0.3, -0.25) is 4.90 Å². The van der Waals surface area contributed by atoms with Crippen molar-refractivity contribution >= 4 is 28.9 Å². The van der Waals surface area contributed by atoms with Gasteiger partial charge in [-0.1, -0.05) is 30.7 Å². The van der Waals surface area contributed by atoms with E-state index in [2.05, 4.69) is 28.5 Å². The van der Waals surface area contributed by atoms with Gasteiger partial charge in [0.25, 0.3) is 0 Å². The molecule has 2 N–H and O–H groups in total. The summed E-state index contributed by atoms with van der Waals surface area (Å²) >= 11 is 11.7. The maximum Gasteiger partial charge on any atom is 0.166 e. The second-order valence-electron chi connectivity index (χ2n) is 6.13. The summed E-state index contributed by atoms with van der Waals surface area (Å²) in [4.78, 5) is 2.51. The van der Waals surface area contributed by atoms with Gasteiger partial charge in [0.05, 0.1) is 17.7 Å². The van der Waals surface area contributed by atoms with E-state index in [0.717, 1.165) is 30.8 Å². The van der Waals surface area contributed by atoms with Gasteiger partial charge in [-0.25, -0.2) is 0 Å². The molecule has 3 rings (SSSR count). The summed E-state index contributed by atoms with van der Waals surface area (Å²) in [6, 6.07) is 6.62. The quantitative estimate of drug-likeness (QED) is 0.813. The minimum Gasteiger partial charge on any atom is -0.492 e. The lowest BCUT2D eigenvalue weighted by Gasteiger charge is -2.29. The van der Waals surface area contributed by atoms with Gasteiger partial charge in [-0.15, -0.1) is 0 Å². The lowest BCUT2D eigenvalue weighted by atomic mass is 10.0. The zero-order valence-corrected chi connectivity index (χ0v) is 15.1. The van der Waals surface area contributed by atoms with E-state index in [0.29, 0.717) is 22.8 Å². The summed E-state index contributed by atoms with van der Waals surface area (Å²) in [5, 5.41) is 8.19. The molecule has 126 valence electrons. The van der Waals surface area contributed by atoms with Crippen molar-refractivity contribution in [2.45, 2.75) is 38.3 Å². The molecule has 6 heteroatoms. The van der Waals surface area contributed by atoms with Gasteiger partial charge in [-0.05, 0) is 44.2 Å². The van der Waals surface area contributed by atoms with Gasteiger partial charge in [0, 0.05) is 24.6 Å². The molecule has 2 atom stereocenters. The number of benzene rings is 1. The van der Waals surface area contributed by atoms with Crippen LogP contribution in [0.1, 0.15) is 37.8 Å². The molecule has 0 spiro atoms. The van der Waals surface area contributed by atoms with Crippen LogP contribution >= 0.6 is 23.8 Å². The van der Waals surface area contributed by atoms with Crippen molar-refractivity contribution in [2.75, 3.05) is 26.2 Å². The van der Waals surface area contributed by atoms with Crippen molar-refractivity contribution in [1.82, 2.24) is 15.5 Å². The van der Waals surface area contributed by atoms with Crippen LogP contribution < -0.4 is 15.4 Å². The zero-order valence-electron chi connectivity index (χ0n) is 13.5. The van der Waals surface area contributed by atoms with Crippen LogP contribution in [0.25, 0.3) is 0 Å². The summed E-state index contributed by atoms with van der Waals surface area (Å²) in [6.45, 7) is 6.10. The Kier molecular flexibility index (Phi) is 5.62. The molecule has 1 aromatic rings. The number of ether oxygens (including phenoxy) is 1. The number of hydrogen-bond donors (Lipinski definition) is 2. The number of fused-ring (bicyclic) bond motifs is 1. The molecule has 0 amide bonds. The number of thiocarbonyl (C=S) groups is 1. The van der Waals surface area contributed by atoms with Gasteiger partial charge in [0.15, 0.2) is 5.11 Å². The maximum atomic E-state index is 6.22. The fourth-order valence-electron chi connectivity index (χ4n) is 3.50. The third kappa shape index (κ3) is 3.90. The van der Waals surface area contributed by atoms with E-state index in [-0.39, 0.29) is 6.04 Å². The molecule has 1 aromatic carbocycles. The largest absolute Gasteiger partial charge is 0.492 e. The fraction of sp³-hybridized carbons (Fsp3) is 0.588. The number of nitrogens with one attached hydrogen (secondary N) is 2. The van der Waals surface area contributed by atoms with Crippen LogP contribution in [0.3, 0.4) is 0 Å². The minimum absolute atomic E-state index is 0.156. The lowest BCUT2D eigenvalue weighted by molar-refractivity contribution is 0.259. The van der Waals surface area contributed by atoms with Gasteiger partial charge >= 0.3 is 0 Å². The molecule has 2 heterocycles. The predicted molar refractivity (Wildman–Crippen MR) is 98.3 cm³/mol. The molecule has 1 saturated heterocycles. The van der Waals surface area contributed by atoms with Gasteiger partial charge in [0.2, 0.25) is 0 Å². The number of nitrogens with zero attached hydrogens (tertiary/aromatic N) is 1. The molecule has 0 radical (unpaired) electrons. The van der Waals surface area contributed by atoms with Crippen molar-refractivity contribution in [3.05, 3.63) is 28.8 Å². The van der Waals surface area contributed by atoms with Crippen molar-refractivity contribution in [1.29, 1.82) is 0 Å². The third-order valence-electron chi connectivity index (χ3n) is 4.73. The van der Waals surface area contributed by atoms with E-state index in [4.69, 9.17) is 28.6 Å². The number of likely N-dealkylation sites (N-methyl/N-ethyl adjacent to an activating group) is 1. The monoisotopic (exact) mass is 353 g/mol. The summed E-state index contributed by atoms with van der Waals surface area (Å²) in [5.74, 6) is 0.786. The lowest BCUT2D eigenvalue weighted by Crippen LogP contribution is -2.45. The molecule has 0 unspecified atom stereocenters. The van der Waals surface area contributed by atoms with Gasteiger partial charge < -0.3 is 15.4 Å². The molecule has 0 saturated carbocycles. The Hall–Kier alpha value is -1.04. The Morgan fingerprint density at radius 3 is 3.13 bits per heavy atom. The highest BCUT2D eigenvalue weighted by Crippen LogP contribution is 2.37. The fourth-order valence-corrected chi connectivity index (χ4v) is 3.96. The molecule has 23 heavy (non-hydrogen) atoms. The summed E-state index contributed by atoms with van der Waals surface area (Å²) < 4.78 is 5.69. The van der Waals surface area contributed by atoms with Crippen molar-refractivity contribution < 1.29 is 4.74 Å². The van der Waals surface area contributed by atoms with E-state index in [9.17, 15) is 0 Å². The molecule has 4 nitrogen and oxygen atoms in total. The SMILES string of the molecule is CCN1CCC[C@H]1CNC(=S)N[C@H]1CCOc2c(Cl)cccc21. The molecule has 2 aliphatic heterocycles. The summed E-state index contributed by atoms with van der Waals surface area (Å²) in [6.07, 6.45) is 3.42. The van der Waals surface area contributed by atoms with E-state index in [1.165, 1.54) is 19.4 Å². The van der Waals surface area contributed by atoms with Crippen molar-refractivity contribution in [3.8, 4) is 5.75 Å². The van der Waals surface area contributed by atoms with E-state index in [1.807, 2.05) is 12.1 Å². The first-order valence-corrected chi connectivity index (χ1v) is 9.17. The van der Waals surface area contributed by atoms with E-state index < -0.39 is 0 Å². The van der Waals surface area contributed by atoms with Crippen LogP contribution in [0.2, 0.25) is 5.02 Å². The molecular weight excluding hydrogens is 330 g/mol. The first kappa shape index (κ1) is 16.8. The minimum atomic E-state index is 0.156. The van der Waals surface area contributed by atoms with Crippen LogP contribution in [0.5, 0.6) is 5.75 Å². The van der Waals surface area contributed by atoms with Gasteiger partial charge in [0.1, 0.15) is 5.75 Å². The van der Waals surface area contributed by atoms with Crippen LogP contribution in [0, 0.1) is 0 Å². The Balaban J connectivity index is 1.56. The topological polar surface area (TPSA) is 36.5 Å². The average Bonchev–Trinajstić information content (AvgIpc) is 3.01. The smallest absolute Gasteiger partial charge is 0.166 e. The number of para-hydroxylation sites is 1. The highest BCUT2D eigenvalue weighted by atomic mass is 35.5. The van der Waals surface area contributed by atoms with Crippen LogP contribution in [0.15, 0.2) is 18.2 Å². The van der Waals surface area contributed by atoms with Crippen molar-refractivity contribution in [2.24, 2.45) is 0 Å². The zero-order chi connectivity index (χ0) is 16.2. The summed E-state index contributed by atoms with van der Waals surface area (Å²) in [5.41, 5.74) is 1.09. The first-order valence-electron chi connectivity index (χ1n) is 8.38. The second kappa shape index (κ2) is 7.69. The highest BCUT2D eigenvalue weighted by Gasteiger charge is 2.25. The first-order chi connectivity index (χ1) is 11.2. The van der Waals surface area contributed by atoms with Crippen LogP contribution in [-0.2, 0) is 0 Å². The molecule has 0 aliphatic carbocycles. The average molecular weight is 354 g/mol. The number of halogens is 1. The second-order valence-corrected chi connectivity index (χ2v) is 6.94. The molecule has 2 aliphatic rings. The van der Waals surface area contributed by atoms with Gasteiger partial charge in [-0.2, -0.15) is 0 Å². The predicted octanol–water partition coefficient (Wildman–Crippen LogP) is 3.11.